The number of fused-ring (bicyclic) bond motifs is 1. The minimum Gasteiger partial charge on any atom is -0.477 e. The summed E-state index contributed by atoms with van der Waals surface area (Å²) >= 11 is 0. The molecule has 3 heterocycles. The summed E-state index contributed by atoms with van der Waals surface area (Å²) in [5.74, 6) is -2.82. The number of amides is 1. The van der Waals surface area contributed by atoms with Crippen LogP contribution in [0.5, 0.6) is 5.75 Å². The van der Waals surface area contributed by atoms with Gasteiger partial charge in [0.1, 0.15) is 24.1 Å². The number of aromatic carboxylic acids is 1. The average Bonchev–Trinajstić information content (AvgIpc) is 3.75. The smallest absolute Gasteiger partial charge is 0.412 e. The number of carbonyl (C=O) groups excluding carboxylic acids is 1. The standard InChI is InChI=1S/C27H30FN5O12P2/c1-44-31-21-13-32(25-20(28)9-18-23(34)19(26(35)36)12-33(16-4-5-16)24(18)30-25)11-15(21)10-29-27(37)45-17-6-2-14(3-7-17)8-22(46(38,39)40)47(41,42)43/h2-3,6-7,9,12,15-16,22H,4-5,8,10-11,13H2,1H3,(H,29,37)(H,35,36)(H2,38,39,40)(H2,41,42,43)/b31-21-. The zero-order valence-corrected chi connectivity index (χ0v) is 26.4. The molecule has 2 aromatic heterocycles. The molecule has 0 bridgehead atoms. The van der Waals surface area contributed by atoms with E-state index in [0.717, 1.165) is 18.9 Å². The summed E-state index contributed by atoms with van der Waals surface area (Å²) in [6.45, 7) is 0.177. The van der Waals surface area contributed by atoms with Gasteiger partial charge in [-0.1, -0.05) is 17.3 Å². The Labute approximate surface area is 264 Å². The van der Waals surface area contributed by atoms with Gasteiger partial charge >= 0.3 is 27.3 Å². The van der Waals surface area contributed by atoms with Gasteiger partial charge in [0, 0.05) is 31.2 Å². The lowest BCUT2D eigenvalue weighted by Crippen LogP contribution is -2.35. The number of anilines is 1. The molecule has 2 fully saturated rings. The Hall–Kier alpha value is -4.18. The molecule has 47 heavy (non-hydrogen) atoms. The molecular weight excluding hydrogens is 667 g/mol. The molecule has 1 unspecified atom stereocenters. The summed E-state index contributed by atoms with van der Waals surface area (Å²) < 4.78 is 45.3. The van der Waals surface area contributed by atoms with Gasteiger partial charge < -0.3 is 49.0 Å². The number of nitrogens with zero attached hydrogens (tertiary/aromatic N) is 4. The molecule has 1 atom stereocenters. The van der Waals surface area contributed by atoms with E-state index in [-0.39, 0.29) is 53.8 Å². The van der Waals surface area contributed by atoms with Crippen molar-refractivity contribution >= 4 is 49.8 Å². The third-order valence-electron chi connectivity index (χ3n) is 7.70. The molecular formula is C27H30FN5O12P2. The number of carboxylic acids is 1. The molecule has 20 heteroatoms. The van der Waals surface area contributed by atoms with Crippen molar-refractivity contribution in [3.8, 4) is 5.75 Å². The molecule has 17 nitrogen and oxygen atoms in total. The lowest BCUT2D eigenvalue weighted by atomic mass is 10.1. The number of nitrogens with one attached hydrogen (secondary N) is 1. The van der Waals surface area contributed by atoms with Gasteiger partial charge in [-0.3, -0.25) is 13.9 Å². The number of carboxylic acid groups (broad SMARTS) is 1. The van der Waals surface area contributed by atoms with Crippen LogP contribution in [0, 0.1) is 11.7 Å². The summed E-state index contributed by atoms with van der Waals surface area (Å²) in [6.07, 6.45) is 1.24. The van der Waals surface area contributed by atoms with Crippen LogP contribution in [0.25, 0.3) is 11.0 Å². The average molecular weight is 698 g/mol. The predicted molar refractivity (Wildman–Crippen MR) is 163 cm³/mol. The quantitative estimate of drug-likeness (QED) is 0.124. The Morgan fingerprint density at radius 3 is 2.38 bits per heavy atom. The molecule has 1 amide bonds. The summed E-state index contributed by atoms with van der Waals surface area (Å²) in [6, 6.07) is 6.09. The van der Waals surface area contributed by atoms with Gasteiger partial charge in [-0.05, 0) is 43.0 Å². The van der Waals surface area contributed by atoms with Gasteiger partial charge in [0.2, 0.25) is 5.43 Å². The molecule has 1 saturated carbocycles. The van der Waals surface area contributed by atoms with E-state index in [1.807, 2.05) is 0 Å². The number of halogens is 1. The Kier molecular flexibility index (Phi) is 9.55. The molecule has 252 valence electrons. The summed E-state index contributed by atoms with van der Waals surface area (Å²) in [7, 11) is -8.91. The third kappa shape index (κ3) is 7.70. The van der Waals surface area contributed by atoms with Crippen LogP contribution in [0.15, 0.2) is 46.5 Å². The number of pyridine rings is 2. The number of hydrogen-bond acceptors (Lipinski definition) is 10. The Morgan fingerprint density at radius 1 is 1.15 bits per heavy atom. The Bertz CT molecular complexity index is 1880. The number of carbonyl (C=O) groups is 2. The van der Waals surface area contributed by atoms with E-state index >= 15 is 4.39 Å². The number of aromatic nitrogens is 2. The maximum Gasteiger partial charge on any atom is 0.412 e. The zero-order valence-electron chi connectivity index (χ0n) is 24.6. The molecule has 6 N–H and O–H groups in total. The highest BCUT2D eigenvalue weighted by Crippen LogP contribution is 2.60. The first-order valence-corrected chi connectivity index (χ1v) is 17.4. The van der Waals surface area contributed by atoms with E-state index in [1.54, 1.807) is 9.47 Å². The number of oxime groups is 1. The normalized spacial score (nSPS) is 17.8. The second kappa shape index (κ2) is 13.1. The van der Waals surface area contributed by atoms with E-state index in [9.17, 15) is 48.2 Å². The molecule has 0 spiro atoms. The highest BCUT2D eigenvalue weighted by molar-refractivity contribution is 7.70. The van der Waals surface area contributed by atoms with Crippen molar-refractivity contribution in [2.24, 2.45) is 11.1 Å². The molecule has 1 aliphatic carbocycles. The fraction of sp³-hybridized carbons (Fsp3) is 0.370. The molecule has 0 radical (unpaired) electrons. The summed E-state index contributed by atoms with van der Waals surface area (Å²) in [5.41, 5.74) is -0.529. The van der Waals surface area contributed by atoms with Gasteiger partial charge in [-0.2, -0.15) is 0 Å². The van der Waals surface area contributed by atoms with Crippen LogP contribution in [0.1, 0.15) is 34.8 Å². The molecule has 3 aromatic rings. The van der Waals surface area contributed by atoms with Crippen LogP contribution in [-0.4, -0.2) is 84.1 Å². The summed E-state index contributed by atoms with van der Waals surface area (Å²) in [4.78, 5) is 85.2. The Morgan fingerprint density at radius 2 is 1.81 bits per heavy atom. The van der Waals surface area contributed by atoms with Gasteiger partial charge in [0.05, 0.1) is 17.6 Å². The lowest BCUT2D eigenvalue weighted by molar-refractivity contribution is 0.0694. The molecule has 1 aliphatic heterocycles. The molecule has 2 aliphatic rings. The second-order valence-corrected chi connectivity index (χ2v) is 15.1. The first-order chi connectivity index (χ1) is 22.1. The number of benzene rings is 1. The van der Waals surface area contributed by atoms with Crippen molar-refractivity contribution in [3.63, 3.8) is 0 Å². The number of hydrogen-bond donors (Lipinski definition) is 6. The van der Waals surface area contributed by atoms with Crippen molar-refractivity contribution in [3.05, 3.63) is 63.7 Å². The molecule has 5 rings (SSSR count). The van der Waals surface area contributed by atoms with Crippen LogP contribution in [0.3, 0.4) is 0 Å². The monoisotopic (exact) mass is 697 g/mol. The minimum atomic E-state index is -5.11. The number of rotatable bonds is 11. The van der Waals surface area contributed by atoms with Crippen LogP contribution in [-0.2, 0) is 20.4 Å². The van der Waals surface area contributed by atoms with Crippen LogP contribution in [0.2, 0.25) is 0 Å². The van der Waals surface area contributed by atoms with E-state index in [0.29, 0.717) is 5.71 Å². The van der Waals surface area contributed by atoms with Crippen LogP contribution >= 0.6 is 15.2 Å². The van der Waals surface area contributed by atoms with Gasteiger partial charge in [0.15, 0.2) is 17.0 Å². The summed E-state index contributed by atoms with van der Waals surface area (Å²) in [5, 5.41) is 13.7. The Balaban J connectivity index is 1.27. The highest BCUT2D eigenvalue weighted by Gasteiger charge is 2.43. The van der Waals surface area contributed by atoms with Crippen LogP contribution < -0.4 is 20.4 Å². The maximum atomic E-state index is 15.4. The van der Waals surface area contributed by atoms with E-state index < -0.39 is 61.8 Å². The van der Waals surface area contributed by atoms with E-state index in [1.165, 1.54) is 37.6 Å². The SMILES string of the molecule is CO/N=C1/CN(c2nc3c(cc2F)c(=O)c(C(=O)O)cn3C2CC2)CC1CNC(=O)Oc1ccc(CC(P(=O)(O)O)P(=O)(O)O)cc1. The highest BCUT2D eigenvalue weighted by atomic mass is 31.2. The van der Waals surface area contributed by atoms with Crippen molar-refractivity contribution < 1.29 is 57.4 Å². The zero-order chi connectivity index (χ0) is 34.3. The first kappa shape index (κ1) is 34.2. The number of ether oxygens (including phenoxy) is 1. The van der Waals surface area contributed by atoms with E-state index in [2.05, 4.69) is 15.5 Å². The van der Waals surface area contributed by atoms with E-state index in [4.69, 9.17) is 9.57 Å². The van der Waals surface area contributed by atoms with Crippen molar-refractivity contribution in [2.75, 3.05) is 31.6 Å². The van der Waals surface area contributed by atoms with Gasteiger partial charge in [-0.15, -0.1) is 0 Å². The molecule has 1 saturated heterocycles. The fourth-order valence-electron chi connectivity index (χ4n) is 5.26. The van der Waals surface area contributed by atoms with Gasteiger partial charge in [-0.25, -0.2) is 19.0 Å². The topological polar surface area (TPSA) is 250 Å². The maximum absolute atomic E-state index is 15.4. The van der Waals surface area contributed by atoms with Crippen molar-refractivity contribution in [2.45, 2.75) is 30.7 Å². The lowest BCUT2D eigenvalue weighted by Gasteiger charge is -2.20. The fourth-order valence-corrected chi connectivity index (χ4v) is 7.72. The second-order valence-electron chi connectivity index (χ2n) is 11.1. The minimum absolute atomic E-state index is 0.0220. The third-order valence-corrected chi connectivity index (χ3v) is 11.4. The largest absolute Gasteiger partial charge is 0.477 e. The van der Waals surface area contributed by atoms with Crippen molar-refractivity contribution in [1.29, 1.82) is 0 Å². The predicted octanol–water partition coefficient (Wildman–Crippen LogP) is 2.02. The van der Waals surface area contributed by atoms with Crippen LogP contribution in [0.4, 0.5) is 15.0 Å². The van der Waals surface area contributed by atoms with Crippen molar-refractivity contribution in [1.82, 2.24) is 14.9 Å². The first-order valence-electron chi connectivity index (χ1n) is 14.1. The van der Waals surface area contributed by atoms with Gasteiger partial charge in [0.25, 0.3) is 0 Å². The molecule has 1 aromatic carbocycles.